The van der Waals surface area contributed by atoms with Gasteiger partial charge in [0, 0.05) is 12.2 Å². The van der Waals surface area contributed by atoms with Crippen molar-refractivity contribution < 1.29 is 8.42 Å². The highest BCUT2D eigenvalue weighted by molar-refractivity contribution is 14.0. The molecular formula is C12H21IN4O2S. The number of nitrogens with two attached hydrogens (primary N) is 1. The first-order valence-corrected chi connectivity index (χ1v) is 7.90. The van der Waals surface area contributed by atoms with Gasteiger partial charge in [0.15, 0.2) is 5.96 Å². The number of rotatable bonds is 6. The Labute approximate surface area is 137 Å². The summed E-state index contributed by atoms with van der Waals surface area (Å²) in [6, 6.07) is 7.88. The molecule has 1 rings (SSSR count). The second-order valence-electron chi connectivity index (χ2n) is 4.11. The minimum atomic E-state index is -3.17. The van der Waals surface area contributed by atoms with Gasteiger partial charge in [-0.2, -0.15) is 0 Å². The molecule has 114 valence electrons. The highest BCUT2D eigenvalue weighted by Gasteiger charge is 1.99. The molecule has 20 heavy (non-hydrogen) atoms. The highest BCUT2D eigenvalue weighted by atomic mass is 127. The molecule has 0 bridgehead atoms. The van der Waals surface area contributed by atoms with Gasteiger partial charge in [-0.05, 0) is 24.1 Å². The Morgan fingerprint density at radius 2 is 1.90 bits per heavy atom. The van der Waals surface area contributed by atoms with Crippen LogP contribution in [-0.4, -0.2) is 33.7 Å². The van der Waals surface area contributed by atoms with Gasteiger partial charge in [-0.15, -0.1) is 24.0 Å². The fourth-order valence-corrected chi connectivity index (χ4v) is 1.88. The summed E-state index contributed by atoms with van der Waals surface area (Å²) in [6.45, 7) is 2.61. The standard InChI is InChI=1S/C12H20N4O2S.HI/c1-3-10-4-6-11(7-5-10)16-12(13)14-8-9-15-19(2,17)18;/h4-7,15H,3,8-9H2,1-2H3,(H3,13,14,16);1H. The number of hydrogen-bond acceptors (Lipinski definition) is 3. The van der Waals surface area contributed by atoms with Crippen LogP contribution < -0.4 is 15.8 Å². The van der Waals surface area contributed by atoms with E-state index < -0.39 is 10.0 Å². The number of aliphatic imine (C=N–C) groups is 1. The van der Waals surface area contributed by atoms with Crippen LogP contribution in [0.4, 0.5) is 5.69 Å². The Morgan fingerprint density at radius 3 is 2.40 bits per heavy atom. The summed E-state index contributed by atoms with van der Waals surface area (Å²) in [5.41, 5.74) is 7.79. The van der Waals surface area contributed by atoms with Crippen molar-refractivity contribution in [2.45, 2.75) is 13.3 Å². The average Bonchev–Trinajstić information content (AvgIpc) is 2.34. The summed E-state index contributed by atoms with van der Waals surface area (Å²) in [6.07, 6.45) is 2.09. The van der Waals surface area contributed by atoms with E-state index in [1.54, 1.807) is 0 Å². The van der Waals surface area contributed by atoms with E-state index in [0.717, 1.165) is 18.4 Å². The molecule has 4 N–H and O–H groups in total. The minimum absolute atomic E-state index is 0. The van der Waals surface area contributed by atoms with E-state index in [1.165, 1.54) is 5.56 Å². The molecule has 6 nitrogen and oxygen atoms in total. The van der Waals surface area contributed by atoms with Gasteiger partial charge in [-0.3, -0.25) is 4.99 Å². The summed E-state index contributed by atoms with van der Waals surface area (Å²) in [5.74, 6) is 0.263. The summed E-state index contributed by atoms with van der Waals surface area (Å²) in [7, 11) is -3.17. The van der Waals surface area contributed by atoms with Crippen LogP contribution in [0.1, 0.15) is 12.5 Å². The first kappa shape index (κ1) is 19.1. The number of nitrogens with zero attached hydrogens (tertiary/aromatic N) is 1. The predicted molar refractivity (Wildman–Crippen MR) is 94.2 cm³/mol. The Kier molecular flexibility index (Phi) is 8.74. The molecule has 0 saturated carbocycles. The van der Waals surface area contributed by atoms with E-state index in [1.807, 2.05) is 24.3 Å². The number of benzene rings is 1. The Bertz CT molecular complexity index is 529. The molecule has 0 radical (unpaired) electrons. The zero-order valence-corrected chi connectivity index (χ0v) is 14.7. The van der Waals surface area contributed by atoms with Gasteiger partial charge in [-0.1, -0.05) is 19.1 Å². The maximum atomic E-state index is 10.8. The smallest absolute Gasteiger partial charge is 0.208 e. The number of anilines is 1. The van der Waals surface area contributed by atoms with Gasteiger partial charge < -0.3 is 11.1 Å². The number of sulfonamides is 1. The summed E-state index contributed by atoms with van der Waals surface area (Å²) in [4.78, 5) is 4.02. The average molecular weight is 412 g/mol. The van der Waals surface area contributed by atoms with Crippen molar-refractivity contribution in [2.24, 2.45) is 10.7 Å². The molecule has 0 spiro atoms. The second-order valence-corrected chi connectivity index (χ2v) is 5.94. The normalized spacial score (nSPS) is 11.8. The van der Waals surface area contributed by atoms with Crippen molar-refractivity contribution in [3.05, 3.63) is 29.8 Å². The lowest BCUT2D eigenvalue weighted by Gasteiger charge is -2.06. The van der Waals surface area contributed by atoms with Crippen LogP contribution in [0.5, 0.6) is 0 Å². The first-order chi connectivity index (χ1) is 8.90. The fraction of sp³-hybridized carbons (Fsp3) is 0.417. The summed E-state index contributed by atoms with van der Waals surface area (Å²) < 4.78 is 24.0. The molecule has 1 aromatic rings. The number of nitrogens with one attached hydrogen (secondary N) is 2. The van der Waals surface area contributed by atoms with Gasteiger partial charge in [0.25, 0.3) is 0 Å². The van der Waals surface area contributed by atoms with Crippen molar-refractivity contribution in [2.75, 3.05) is 24.7 Å². The van der Waals surface area contributed by atoms with Crippen molar-refractivity contribution in [3.8, 4) is 0 Å². The molecule has 0 fully saturated rings. The first-order valence-electron chi connectivity index (χ1n) is 6.01. The van der Waals surface area contributed by atoms with Gasteiger partial charge in [0.05, 0.1) is 12.8 Å². The molecule has 1 aromatic carbocycles. The van der Waals surface area contributed by atoms with Crippen LogP contribution >= 0.6 is 24.0 Å². The zero-order valence-electron chi connectivity index (χ0n) is 11.6. The third-order valence-electron chi connectivity index (χ3n) is 2.39. The topological polar surface area (TPSA) is 96.6 Å². The molecule has 0 aliphatic carbocycles. The summed E-state index contributed by atoms with van der Waals surface area (Å²) in [5, 5.41) is 2.94. The Balaban J connectivity index is 0.00000361. The number of halogens is 1. The number of guanidine groups is 1. The Morgan fingerprint density at radius 1 is 1.30 bits per heavy atom. The molecule has 0 aliphatic heterocycles. The SMILES string of the molecule is CCc1ccc(NC(N)=NCCNS(C)(=O)=O)cc1.I. The maximum absolute atomic E-state index is 10.8. The largest absolute Gasteiger partial charge is 0.370 e. The lowest BCUT2D eigenvalue weighted by Crippen LogP contribution is -2.27. The van der Waals surface area contributed by atoms with Gasteiger partial charge in [0.2, 0.25) is 10.0 Å². The van der Waals surface area contributed by atoms with E-state index in [-0.39, 0.29) is 36.5 Å². The van der Waals surface area contributed by atoms with Crippen molar-refractivity contribution >= 4 is 45.6 Å². The predicted octanol–water partition coefficient (Wildman–Crippen LogP) is 1.14. The molecule has 0 aromatic heterocycles. The van der Waals surface area contributed by atoms with Crippen molar-refractivity contribution in [1.29, 1.82) is 0 Å². The van der Waals surface area contributed by atoms with Crippen molar-refractivity contribution in [1.82, 2.24) is 4.72 Å². The molecule has 0 saturated heterocycles. The zero-order chi connectivity index (χ0) is 14.3. The summed E-state index contributed by atoms with van der Waals surface area (Å²) >= 11 is 0. The fourth-order valence-electron chi connectivity index (χ4n) is 1.42. The Hall–Kier alpha value is -0.870. The van der Waals surface area contributed by atoms with Crippen LogP contribution in [0.2, 0.25) is 0 Å². The van der Waals surface area contributed by atoms with E-state index >= 15 is 0 Å². The van der Waals surface area contributed by atoms with E-state index in [4.69, 9.17) is 5.73 Å². The van der Waals surface area contributed by atoms with Crippen LogP contribution in [0.3, 0.4) is 0 Å². The lowest BCUT2D eigenvalue weighted by molar-refractivity contribution is 0.588. The van der Waals surface area contributed by atoms with E-state index in [9.17, 15) is 8.42 Å². The van der Waals surface area contributed by atoms with Crippen molar-refractivity contribution in [3.63, 3.8) is 0 Å². The third-order valence-corrected chi connectivity index (χ3v) is 3.12. The molecular weight excluding hydrogens is 391 g/mol. The van der Waals surface area contributed by atoms with Gasteiger partial charge in [-0.25, -0.2) is 13.1 Å². The second kappa shape index (κ2) is 9.14. The minimum Gasteiger partial charge on any atom is -0.370 e. The third kappa shape index (κ3) is 8.33. The molecule has 0 unspecified atom stereocenters. The molecule has 0 heterocycles. The van der Waals surface area contributed by atoms with E-state index in [0.29, 0.717) is 6.54 Å². The van der Waals surface area contributed by atoms with Crippen LogP contribution in [-0.2, 0) is 16.4 Å². The number of hydrogen-bond donors (Lipinski definition) is 3. The molecule has 0 amide bonds. The highest BCUT2D eigenvalue weighted by Crippen LogP contribution is 2.09. The van der Waals surface area contributed by atoms with Gasteiger partial charge in [0.1, 0.15) is 0 Å². The maximum Gasteiger partial charge on any atom is 0.208 e. The molecule has 0 atom stereocenters. The monoisotopic (exact) mass is 412 g/mol. The van der Waals surface area contributed by atoms with Crippen LogP contribution in [0.25, 0.3) is 0 Å². The van der Waals surface area contributed by atoms with E-state index in [2.05, 4.69) is 22.0 Å². The van der Waals surface area contributed by atoms with Crippen LogP contribution in [0, 0.1) is 0 Å². The quantitative estimate of drug-likeness (QED) is 0.283. The lowest BCUT2D eigenvalue weighted by atomic mass is 10.1. The molecule has 8 heteroatoms. The van der Waals surface area contributed by atoms with Crippen LogP contribution in [0.15, 0.2) is 29.3 Å². The number of aryl methyl sites for hydroxylation is 1. The molecule has 0 aliphatic rings. The van der Waals surface area contributed by atoms with Gasteiger partial charge >= 0.3 is 0 Å².